The van der Waals surface area contributed by atoms with E-state index in [0.29, 0.717) is 45.7 Å². The molecule has 0 aromatic heterocycles. The molecule has 0 saturated carbocycles. The lowest BCUT2D eigenvalue weighted by molar-refractivity contribution is -0.136. The average molecular weight is 347 g/mol. The van der Waals surface area contributed by atoms with Gasteiger partial charge in [-0.25, -0.2) is 0 Å². The quantitative estimate of drug-likeness (QED) is 0.698. The van der Waals surface area contributed by atoms with Crippen molar-refractivity contribution in [3.05, 3.63) is 35.9 Å². The predicted molar refractivity (Wildman–Crippen MR) is 96.8 cm³/mol. The van der Waals surface area contributed by atoms with Crippen molar-refractivity contribution in [2.45, 2.75) is 32.2 Å². The molecule has 6 heteroatoms. The number of ether oxygens (including phenoxy) is 1. The molecule has 1 aromatic carbocycles. The zero-order valence-electron chi connectivity index (χ0n) is 14.9. The molecule has 1 aliphatic rings. The van der Waals surface area contributed by atoms with E-state index in [1.165, 1.54) is 0 Å². The third-order valence-electron chi connectivity index (χ3n) is 4.57. The van der Waals surface area contributed by atoms with Crippen LogP contribution in [0, 0.1) is 5.92 Å². The van der Waals surface area contributed by atoms with E-state index in [9.17, 15) is 9.59 Å². The van der Waals surface area contributed by atoms with Gasteiger partial charge in [0.2, 0.25) is 11.8 Å². The van der Waals surface area contributed by atoms with Gasteiger partial charge in [-0.2, -0.15) is 0 Å². The van der Waals surface area contributed by atoms with Gasteiger partial charge in [-0.3, -0.25) is 9.59 Å². The van der Waals surface area contributed by atoms with Gasteiger partial charge in [0, 0.05) is 38.8 Å². The number of nitrogens with two attached hydrogens (primary N) is 1. The molecule has 25 heavy (non-hydrogen) atoms. The van der Waals surface area contributed by atoms with Crippen LogP contribution in [0.25, 0.3) is 0 Å². The fourth-order valence-electron chi connectivity index (χ4n) is 3.04. The fraction of sp³-hybridized carbons (Fsp3) is 0.579. The molecular formula is C19H29N3O3. The molecular weight excluding hydrogens is 318 g/mol. The molecule has 3 N–H and O–H groups in total. The van der Waals surface area contributed by atoms with Gasteiger partial charge in [-0.15, -0.1) is 0 Å². The Hall–Kier alpha value is -1.92. The van der Waals surface area contributed by atoms with Crippen molar-refractivity contribution in [1.82, 2.24) is 10.2 Å². The number of nitrogens with zero attached hydrogens (tertiary/aromatic N) is 1. The molecule has 2 rings (SSSR count). The van der Waals surface area contributed by atoms with Crippen LogP contribution in [0.3, 0.4) is 0 Å². The third-order valence-corrected chi connectivity index (χ3v) is 4.57. The molecule has 6 nitrogen and oxygen atoms in total. The number of rotatable bonds is 8. The van der Waals surface area contributed by atoms with E-state index in [1.54, 1.807) is 4.90 Å². The van der Waals surface area contributed by atoms with Crippen LogP contribution in [-0.2, 0) is 14.3 Å². The van der Waals surface area contributed by atoms with Gasteiger partial charge in [0.1, 0.15) is 6.04 Å². The van der Waals surface area contributed by atoms with Gasteiger partial charge in [0.25, 0.3) is 0 Å². The minimum Gasteiger partial charge on any atom is -0.382 e. The molecule has 1 atom stereocenters. The Morgan fingerprint density at radius 2 is 1.96 bits per heavy atom. The van der Waals surface area contributed by atoms with E-state index in [1.807, 2.05) is 37.3 Å². The number of piperidine rings is 1. The minimum absolute atomic E-state index is 0.0240. The second kappa shape index (κ2) is 10.2. The van der Waals surface area contributed by atoms with Gasteiger partial charge in [-0.05, 0) is 31.7 Å². The maximum atomic E-state index is 12.5. The molecule has 0 aliphatic carbocycles. The molecule has 1 unspecified atom stereocenters. The Balaban J connectivity index is 1.73. The van der Waals surface area contributed by atoms with Gasteiger partial charge in [0.05, 0.1) is 0 Å². The summed E-state index contributed by atoms with van der Waals surface area (Å²) >= 11 is 0. The first-order chi connectivity index (χ1) is 12.1. The molecule has 0 bridgehead atoms. The van der Waals surface area contributed by atoms with Gasteiger partial charge in [0.15, 0.2) is 0 Å². The summed E-state index contributed by atoms with van der Waals surface area (Å²) < 4.78 is 5.25. The van der Waals surface area contributed by atoms with Crippen molar-refractivity contribution in [2.75, 3.05) is 32.8 Å². The smallest absolute Gasteiger partial charge is 0.244 e. The Bertz CT molecular complexity index is 542. The molecule has 1 aliphatic heterocycles. The van der Waals surface area contributed by atoms with E-state index < -0.39 is 6.04 Å². The second-order valence-corrected chi connectivity index (χ2v) is 6.33. The summed E-state index contributed by atoms with van der Waals surface area (Å²) in [6.07, 6.45) is 2.19. The maximum Gasteiger partial charge on any atom is 0.244 e. The zero-order chi connectivity index (χ0) is 18.1. The van der Waals surface area contributed by atoms with Crippen molar-refractivity contribution in [3.63, 3.8) is 0 Å². The summed E-state index contributed by atoms with van der Waals surface area (Å²) in [6, 6.07) is 8.76. The van der Waals surface area contributed by atoms with Crippen LogP contribution in [0.5, 0.6) is 0 Å². The second-order valence-electron chi connectivity index (χ2n) is 6.33. The van der Waals surface area contributed by atoms with Crippen LogP contribution >= 0.6 is 0 Å². The number of carbonyl (C=O) groups excluding carboxylic acids is 2. The highest BCUT2D eigenvalue weighted by Crippen LogP contribution is 2.21. The normalized spacial score (nSPS) is 16.5. The third kappa shape index (κ3) is 5.83. The van der Waals surface area contributed by atoms with Gasteiger partial charge in [-0.1, -0.05) is 30.3 Å². The highest BCUT2D eigenvalue weighted by atomic mass is 16.5. The number of amides is 2. The molecule has 1 aromatic rings. The summed E-state index contributed by atoms with van der Waals surface area (Å²) in [4.78, 5) is 26.5. The number of hydrogen-bond acceptors (Lipinski definition) is 4. The number of benzene rings is 1. The molecule has 1 heterocycles. The average Bonchev–Trinajstić information content (AvgIpc) is 2.67. The lowest BCUT2D eigenvalue weighted by Gasteiger charge is -2.33. The Morgan fingerprint density at radius 1 is 1.28 bits per heavy atom. The summed E-state index contributed by atoms with van der Waals surface area (Å²) in [7, 11) is 0. The number of carbonyl (C=O) groups is 2. The molecule has 138 valence electrons. The first kappa shape index (κ1) is 19.4. The van der Waals surface area contributed by atoms with Crippen LogP contribution in [0.4, 0.5) is 0 Å². The van der Waals surface area contributed by atoms with Crippen LogP contribution in [0.2, 0.25) is 0 Å². The lowest BCUT2D eigenvalue weighted by Crippen LogP contribution is -2.46. The Labute approximate surface area is 149 Å². The first-order valence-corrected chi connectivity index (χ1v) is 9.08. The van der Waals surface area contributed by atoms with Crippen molar-refractivity contribution < 1.29 is 14.3 Å². The van der Waals surface area contributed by atoms with Crippen molar-refractivity contribution in [1.29, 1.82) is 0 Å². The number of nitrogens with one attached hydrogen (secondary N) is 1. The summed E-state index contributed by atoms with van der Waals surface area (Å²) in [5.74, 6) is -0.0122. The van der Waals surface area contributed by atoms with Crippen LogP contribution in [0.15, 0.2) is 30.3 Å². The molecule has 2 amide bonds. The molecule has 0 spiro atoms. The minimum atomic E-state index is -0.634. The number of likely N-dealkylation sites (tertiary alicyclic amines) is 1. The largest absolute Gasteiger partial charge is 0.382 e. The fourth-order valence-corrected chi connectivity index (χ4v) is 3.04. The van der Waals surface area contributed by atoms with Crippen LogP contribution < -0.4 is 11.1 Å². The Kier molecular flexibility index (Phi) is 7.88. The van der Waals surface area contributed by atoms with Crippen LogP contribution in [-0.4, -0.2) is 49.6 Å². The van der Waals surface area contributed by atoms with Gasteiger partial charge >= 0.3 is 0 Å². The topological polar surface area (TPSA) is 84.7 Å². The van der Waals surface area contributed by atoms with E-state index in [0.717, 1.165) is 12.0 Å². The number of hydrogen-bond donors (Lipinski definition) is 2. The van der Waals surface area contributed by atoms with E-state index in [2.05, 4.69) is 5.32 Å². The van der Waals surface area contributed by atoms with E-state index in [-0.39, 0.29) is 17.7 Å². The molecule has 0 radical (unpaired) electrons. The highest BCUT2D eigenvalue weighted by Gasteiger charge is 2.29. The van der Waals surface area contributed by atoms with Crippen molar-refractivity contribution in [3.8, 4) is 0 Å². The van der Waals surface area contributed by atoms with Crippen LogP contribution in [0.1, 0.15) is 37.8 Å². The summed E-state index contributed by atoms with van der Waals surface area (Å²) in [5, 5.41) is 2.96. The summed E-state index contributed by atoms with van der Waals surface area (Å²) in [5.41, 5.74) is 6.91. The monoisotopic (exact) mass is 347 g/mol. The predicted octanol–water partition coefficient (Wildman–Crippen LogP) is 1.47. The van der Waals surface area contributed by atoms with Gasteiger partial charge < -0.3 is 20.7 Å². The molecule has 1 fully saturated rings. The highest BCUT2D eigenvalue weighted by molar-refractivity contribution is 5.84. The first-order valence-electron chi connectivity index (χ1n) is 9.08. The molecule has 1 saturated heterocycles. The zero-order valence-corrected chi connectivity index (χ0v) is 14.9. The Morgan fingerprint density at radius 3 is 2.60 bits per heavy atom. The summed E-state index contributed by atoms with van der Waals surface area (Å²) in [6.45, 7) is 5.12. The SMILES string of the molecule is CCOCCCNC(=O)C1CCN(C(=O)C(N)c2ccccc2)CC1. The van der Waals surface area contributed by atoms with Crippen molar-refractivity contribution >= 4 is 11.8 Å². The van der Waals surface area contributed by atoms with Crippen molar-refractivity contribution in [2.24, 2.45) is 11.7 Å². The van der Waals surface area contributed by atoms with E-state index >= 15 is 0 Å². The maximum absolute atomic E-state index is 12.5. The van der Waals surface area contributed by atoms with E-state index in [4.69, 9.17) is 10.5 Å². The standard InChI is InChI=1S/C19H29N3O3/c1-2-25-14-6-11-21-18(23)16-9-12-22(13-10-16)19(24)17(20)15-7-4-3-5-8-15/h3-5,7-8,16-17H,2,6,9-14,20H2,1H3,(H,21,23). The lowest BCUT2D eigenvalue weighted by atomic mass is 9.95.